The lowest BCUT2D eigenvalue weighted by Crippen LogP contribution is -2.50. The minimum Gasteiger partial charge on any atom is -0.379 e. The van der Waals surface area contributed by atoms with Crippen molar-refractivity contribution in [3.8, 4) is 0 Å². The van der Waals surface area contributed by atoms with Crippen LogP contribution in [-0.2, 0) is 14.2 Å². The Balaban J connectivity index is 2.16. The lowest BCUT2D eigenvalue weighted by molar-refractivity contribution is -0.117. The number of alkyl halides is 1. The van der Waals surface area contributed by atoms with E-state index in [9.17, 15) is 0 Å². The molecule has 0 bridgehead atoms. The van der Waals surface area contributed by atoms with Crippen LogP contribution in [-0.4, -0.2) is 43.5 Å². The van der Waals surface area contributed by atoms with Crippen molar-refractivity contribution in [1.82, 2.24) is 0 Å². The Bertz CT molecular complexity index is 196. The summed E-state index contributed by atoms with van der Waals surface area (Å²) in [6, 6.07) is 0. The van der Waals surface area contributed by atoms with E-state index in [1.54, 1.807) is 14.2 Å². The molecule has 0 N–H and O–H groups in total. The van der Waals surface area contributed by atoms with E-state index in [0.717, 1.165) is 19.4 Å². The van der Waals surface area contributed by atoms with Crippen LogP contribution in [0.4, 0.5) is 0 Å². The minimum atomic E-state index is -0.0971. The first kappa shape index (κ1) is 13.4. The lowest BCUT2D eigenvalue weighted by Gasteiger charge is -2.40. The molecule has 0 radical (unpaired) electrons. The quantitative estimate of drug-likeness (QED) is 0.700. The standard InChI is InChI=1S/C11H21BrO3/c1-11(2,14-4)5-6-15-9-7-8(12)10(9)13-3/h8-10H,5-7H2,1-4H3. The van der Waals surface area contributed by atoms with Gasteiger partial charge in [-0.15, -0.1) is 0 Å². The molecule has 0 aromatic heterocycles. The van der Waals surface area contributed by atoms with Gasteiger partial charge in [-0.1, -0.05) is 15.9 Å². The molecule has 0 aliphatic heterocycles. The van der Waals surface area contributed by atoms with E-state index in [1.165, 1.54) is 0 Å². The van der Waals surface area contributed by atoms with Gasteiger partial charge in [-0.05, 0) is 26.7 Å². The normalized spacial score (nSPS) is 31.4. The van der Waals surface area contributed by atoms with Crippen molar-refractivity contribution in [2.45, 2.75) is 49.3 Å². The summed E-state index contributed by atoms with van der Waals surface area (Å²) in [6.45, 7) is 4.86. The predicted octanol–water partition coefficient (Wildman–Crippen LogP) is 2.37. The number of rotatable bonds is 6. The first-order chi connectivity index (χ1) is 7.00. The highest BCUT2D eigenvalue weighted by Gasteiger charge is 2.40. The summed E-state index contributed by atoms with van der Waals surface area (Å²) in [6.07, 6.45) is 2.39. The Kier molecular flexibility index (Phi) is 5.03. The van der Waals surface area contributed by atoms with Crippen molar-refractivity contribution in [3.63, 3.8) is 0 Å². The molecule has 0 spiro atoms. The Hall–Kier alpha value is 0.360. The SMILES string of the molecule is COC1C(Br)CC1OCCC(C)(C)OC. The van der Waals surface area contributed by atoms with Crippen LogP contribution in [0.5, 0.6) is 0 Å². The molecule has 0 saturated heterocycles. The second-order valence-corrected chi connectivity index (χ2v) is 5.75. The molecule has 0 aromatic carbocycles. The Morgan fingerprint density at radius 3 is 2.47 bits per heavy atom. The van der Waals surface area contributed by atoms with Gasteiger partial charge < -0.3 is 14.2 Å². The van der Waals surface area contributed by atoms with Gasteiger partial charge in [0.2, 0.25) is 0 Å². The van der Waals surface area contributed by atoms with Crippen LogP contribution in [0.15, 0.2) is 0 Å². The van der Waals surface area contributed by atoms with Gasteiger partial charge in [0.05, 0.1) is 17.8 Å². The van der Waals surface area contributed by atoms with E-state index in [1.807, 2.05) is 0 Å². The summed E-state index contributed by atoms with van der Waals surface area (Å²) in [5.74, 6) is 0. The van der Waals surface area contributed by atoms with Crippen molar-refractivity contribution >= 4 is 15.9 Å². The highest BCUT2D eigenvalue weighted by atomic mass is 79.9. The van der Waals surface area contributed by atoms with Gasteiger partial charge in [0.1, 0.15) is 0 Å². The smallest absolute Gasteiger partial charge is 0.0958 e. The molecule has 3 atom stereocenters. The van der Waals surface area contributed by atoms with Gasteiger partial charge in [0, 0.05) is 25.7 Å². The van der Waals surface area contributed by atoms with E-state index in [-0.39, 0.29) is 17.8 Å². The van der Waals surface area contributed by atoms with E-state index in [0.29, 0.717) is 4.83 Å². The number of halogens is 1. The van der Waals surface area contributed by atoms with Gasteiger partial charge in [-0.25, -0.2) is 0 Å². The largest absolute Gasteiger partial charge is 0.379 e. The second-order valence-electron chi connectivity index (χ2n) is 4.58. The van der Waals surface area contributed by atoms with Gasteiger partial charge >= 0.3 is 0 Å². The Labute approximate surface area is 101 Å². The zero-order chi connectivity index (χ0) is 11.5. The van der Waals surface area contributed by atoms with Gasteiger partial charge in [-0.2, -0.15) is 0 Å². The molecule has 4 heteroatoms. The number of methoxy groups -OCH3 is 2. The summed E-state index contributed by atoms with van der Waals surface area (Å²) < 4.78 is 16.4. The number of hydrogen-bond donors (Lipinski definition) is 0. The predicted molar refractivity (Wildman–Crippen MR) is 63.6 cm³/mol. The first-order valence-corrected chi connectivity index (χ1v) is 6.25. The molecular weight excluding hydrogens is 260 g/mol. The number of ether oxygens (including phenoxy) is 3. The van der Waals surface area contributed by atoms with Crippen molar-refractivity contribution < 1.29 is 14.2 Å². The average molecular weight is 281 g/mol. The molecule has 1 aliphatic carbocycles. The third kappa shape index (κ3) is 3.70. The van der Waals surface area contributed by atoms with Gasteiger partial charge in [0.25, 0.3) is 0 Å². The molecule has 1 fully saturated rings. The molecule has 1 saturated carbocycles. The molecule has 0 amide bonds. The maximum absolute atomic E-state index is 5.75. The fraction of sp³-hybridized carbons (Fsp3) is 1.00. The topological polar surface area (TPSA) is 27.7 Å². The van der Waals surface area contributed by atoms with E-state index >= 15 is 0 Å². The zero-order valence-electron chi connectivity index (χ0n) is 9.96. The molecule has 0 heterocycles. The first-order valence-electron chi connectivity index (χ1n) is 5.34. The fourth-order valence-corrected chi connectivity index (χ4v) is 2.47. The van der Waals surface area contributed by atoms with Crippen LogP contribution in [0.25, 0.3) is 0 Å². The monoisotopic (exact) mass is 280 g/mol. The van der Waals surface area contributed by atoms with Crippen LogP contribution in [0.3, 0.4) is 0 Å². The second kappa shape index (κ2) is 5.62. The van der Waals surface area contributed by atoms with E-state index in [4.69, 9.17) is 14.2 Å². The molecule has 15 heavy (non-hydrogen) atoms. The van der Waals surface area contributed by atoms with Crippen LogP contribution in [0.2, 0.25) is 0 Å². The summed E-state index contributed by atoms with van der Waals surface area (Å²) in [5, 5.41) is 0. The summed E-state index contributed by atoms with van der Waals surface area (Å²) in [5.41, 5.74) is -0.0971. The molecule has 3 nitrogen and oxygen atoms in total. The molecule has 1 rings (SSSR count). The Morgan fingerprint density at radius 1 is 1.33 bits per heavy atom. The van der Waals surface area contributed by atoms with Crippen LogP contribution < -0.4 is 0 Å². The molecule has 3 unspecified atom stereocenters. The summed E-state index contributed by atoms with van der Waals surface area (Å²) in [7, 11) is 3.46. The fourth-order valence-electron chi connectivity index (χ4n) is 1.55. The van der Waals surface area contributed by atoms with Crippen LogP contribution in [0.1, 0.15) is 26.7 Å². The average Bonchev–Trinajstić information content (AvgIpc) is 2.17. The highest BCUT2D eigenvalue weighted by Crippen LogP contribution is 2.33. The third-order valence-corrected chi connectivity index (χ3v) is 3.94. The van der Waals surface area contributed by atoms with Crippen molar-refractivity contribution in [2.24, 2.45) is 0 Å². The van der Waals surface area contributed by atoms with Crippen LogP contribution >= 0.6 is 15.9 Å². The molecular formula is C11H21BrO3. The maximum atomic E-state index is 5.75. The minimum absolute atomic E-state index is 0.0971. The molecule has 1 aliphatic rings. The lowest BCUT2D eigenvalue weighted by atomic mass is 9.91. The van der Waals surface area contributed by atoms with Crippen molar-refractivity contribution in [1.29, 1.82) is 0 Å². The van der Waals surface area contributed by atoms with Crippen molar-refractivity contribution in [2.75, 3.05) is 20.8 Å². The van der Waals surface area contributed by atoms with Gasteiger partial charge in [-0.3, -0.25) is 0 Å². The van der Waals surface area contributed by atoms with E-state index in [2.05, 4.69) is 29.8 Å². The van der Waals surface area contributed by atoms with E-state index < -0.39 is 0 Å². The highest BCUT2D eigenvalue weighted by molar-refractivity contribution is 9.09. The summed E-state index contributed by atoms with van der Waals surface area (Å²) in [4.78, 5) is 0.447. The van der Waals surface area contributed by atoms with Crippen molar-refractivity contribution in [3.05, 3.63) is 0 Å². The van der Waals surface area contributed by atoms with Crippen LogP contribution in [0, 0.1) is 0 Å². The summed E-state index contributed by atoms with van der Waals surface area (Å²) >= 11 is 3.54. The van der Waals surface area contributed by atoms with Gasteiger partial charge in [0.15, 0.2) is 0 Å². The molecule has 90 valence electrons. The Morgan fingerprint density at radius 2 is 2.00 bits per heavy atom. The third-order valence-electron chi connectivity index (χ3n) is 3.04. The zero-order valence-corrected chi connectivity index (χ0v) is 11.5. The maximum Gasteiger partial charge on any atom is 0.0958 e. The number of hydrogen-bond acceptors (Lipinski definition) is 3. The molecule has 0 aromatic rings.